The third-order valence-corrected chi connectivity index (χ3v) is 4.24. The van der Waals surface area contributed by atoms with Crippen LogP contribution in [0.1, 0.15) is 32.8 Å². The minimum atomic E-state index is -0.00219. The van der Waals surface area contributed by atoms with Crippen molar-refractivity contribution in [3.8, 4) is 0 Å². The molecule has 23 heavy (non-hydrogen) atoms. The van der Waals surface area contributed by atoms with Crippen molar-refractivity contribution in [3.05, 3.63) is 58.6 Å². The predicted octanol–water partition coefficient (Wildman–Crippen LogP) is 5.19. The summed E-state index contributed by atoms with van der Waals surface area (Å²) in [4.78, 5) is 12.1. The summed E-state index contributed by atoms with van der Waals surface area (Å²) in [6.45, 7) is 7.16. The van der Waals surface area contributed by atoms with Gasteiger partial charge >= 0.3 is 0 Å². The van der Waals surface area contributed by atoms with Gasteiger partial charge in [-0.25, -0.2) is 0 Å². The molecule has 0 heterocycles. The molecule has 0 aliphatic rings. The maximum absolute atomic E-state index is 12.1. The normalized spacial score (nSPS) is 11.1. The van der Waals surface area contributed by atoms with Gasteiger partial charge in [-0.15, -0.1) is 0 Å². The Balaban J connectivity index is 1.91. The Morgan fingerprint density at radius 2 is 1.61 bits per heavy atom. The number of nitrogens with one attached hydrogen (secondary N) is 2. The summed E-state index contributed by atoms with van der Waals surface area (Å²) < 4.78 is 0.888. The second kappa shape index (κ2) is 7.64. The molecule has 0 saturated carbocycles. The number of para-hydroxylation sites is 2. The monoisotopic (exact) mass is 374 g/mol. The van der Waals surface area contributed by atoms with Gasteiger partial charge in [0.15, 0.2) is 0 Å². The molecule has 2 aromatic carbocycles. The number of halogens is 1. The summed E-state index contributed by atoms with van der Waals surface area (Å²) >= 11 is 3.43. The highest BCUT2D eigenvalue weighted by Crippen LogP contribution is 2.29. The number of hydrogen-bond acceptors (Lipinski definition) is 2. The van der Waals surface area contributed by atoms with E-state index in [0.717, 1.165) is 15.8 Å². The molecule has 0 aliphatic heterocycles. The lowest BCUT2D eigenvalue weighted by Gasteiger charge is -2.23. The van der Waals surface area contributed by atoms with E-state index in [-0.39, 0.29) is 11.3 Å². The molecule has 1 amide bonds. The molecule has 2 N–H and O–H groups in total. The van der Waals surface area contributed by atoms with Crippen LogP contribution in [0.4, 0.5) is 11.4 Å². The zero-order valence-electron chi connectivity index (χ0n) is 13.8. The molecule has 0 bridgehead atoms. The first kappa shape index (κ1) is 17.5. The van der Waals surface area contributed by atoms with Gasteiger partial charge in [-0.2, -0.15) is 0 Å². The first-order valence-corrected chi connectivity index (χ1v) is 8.55. The van der Waals surface area contributed by atoms with Crippen LogP contribution in [0.3, 0.4) is 0 Å². The molecule has 0 atom stereocenters. The van der Waals surface area contributed by atoms with Crippen molar-refractivity contribution >= 4 is 33.2 Å². The van der Waals surface area contributed by atoms with Crippen molar-refractivity contribution in [2.24, 2.45) is 0 Å². The average molecular weight is 375 g/mol. The highest BCUT2D eigenvalue weighted by Gasteiger charge is 2.17. The van der Waals surface area contributed by atoms with Gasteiger partial charge in [-0.1, -0.05) is 51.1 Å². The number of hydrogen-bond donors (Lipinski definition) is 2. The summed E-state index contributed by atoms with van der Waals surface area (Å²) in [5.74, 6) is -0.00219. The van der Waals surface area contributed by atoms with Gasteiger partial charge in [0.05, 0.1) is 5.69 Å². The van der Waals surface area contributed by atoms with Crippen LogP contribution in [0.2, 0.25) is 0 Å². The molecule has 0 unspecified atom stereocenters. The standard InChI is InChI=1S/C19H23BrN2O/c1-19(2,3)14-8-4-6-10-16(14)21-13-12-18(23)22-17-11-7-5-9-15(17)20/h4-11,21H,12-13H2,1-3H3,(H,22,23). The Bertz CT molecular complexity index is 677. The van der Waals surface area contributed by atoms with Crippen molar-refractivity contribution in [1.29, 1.82) is 0 Å². The molecule has 0 aromatic heterocycles. The highest BCUT2D eigenvalue weighted by molar-refractivity contribution is 9.10. The molecule has 3 nitrogen and oxygen atoms in total. The Morgan fingerprint density at radius 3 is 2.26 bits per heavy atom. The van der Waals surface area contributed by atoms with E-state index in [9.17, 15) is 4.79 Å². The third kappa shape index (κ3) is 5.10. The van der Waals surface area contributed by atoms with Crippen molar-refractivity contribution in [2.75, 3.05) is 17.2 Å². The molecule has 2 aromatic rings. The fourth-order valence-electron chi connectivity index (χ4n) is 2.38. The zero-order chi connectivity index (χ0) is 16.9. The largest absolute Gasteiger partial charge is 0.384 e. The van der Waals surface area contributed by atoms with Crippen molar-refractivity contribution in [3.63, 3.8) is 0 Å². The van der Waals surface area contributed by atoms with Gasteiger partial charge in [0.2, 0.25) is 5.91 Å². The smallest absolute Gasteiger partial charge is 0.226 e. The molecule has 2 rings (SSSR count). The van der Waals surface area contributed by atoms with Gasteiger partial charge in [0, 0.05) is 23.1 Å². The maximum Gasteiger partial charge on any atom is 0.226 e. The molecular weight excluding hydrogens is 352 g/mol. The molecule has 4 heteroatoms. The quantitative estimate of drug-likeness (QED) is 0.755. The van der Waals surface area contributed by atoms with E-state index in [1.165, 1.54) is 5.56 Å². The van der Waals surface area contributed by atoms with Gasteiger partial charge in [0.1, 0.15) is 0 Å². The minimum absolute atomic E-state index is 0.00219. The van der Waals surface area contributed by atoms with E-state index in [1.54, 1.807) is 0 Å². The van der Waals surface area contributed by atoms with Gasteiger partial charge in [-0.05, 0) is 45.1 Å². The lowest BCUT2D eigenvalue weighted by atomic mass is 9.86. The predicted molar refractivity (Wildman–Crippen MR) is 101 cm³/mol. The highest BCUT2D eigenvalue weighted by atomic mass is 79.9. The molecule has 0 fully saturated rings. The molecule has 0 spiro atoms. The summed E-state index contributed by atoms with van der Waals surface area (Å²) in [5.41, 5.74) is 3.22. The van der Waals surface area contributed by atoms with Gasteiger partial charge in [-0.3, -0.25) is 4.79 Å². The molecule has 0 aliphatic carbocycles. The number of benzene rings is 2. The van der Waals surface area contributed by atoms with Crippen LogP contribution in [-0.2, 0) is 10.2 Å². The second-order valence-electron chi connectivity index (χ2n) is 6.50. The molecule has 0 radical (unpaired) electrons. The van der Waals surface area contributed by atoms with E-state index in [0.29, 0.717) is 13.0 Å². The second-order valence-corrected chi connectivity index (χ2v) is 7.35. The SMILES string of the molecule is CC(C)(C)c1ccccc1NCCC(=O)Nc1ccccc1Br. The topological polar surface area (TPSA) is 41.1 Å². The lowest BCUT2D eigenvalue weighted by Crippen LogP contribution is -2.19. The number of anilines is 2. The average Bonchev–Trinajstić information content (AvgIpc) is 2.49. The van der Waals surface area contributed by atoms with Crippen LogP contribution in [-0.4, -0.2) is 12.5 Å². The Kier molecular flexibility index (Phi) is 5.83. The number of rotatable bonds is 5. The fraction of sp³-hybridized carbons (Fsp3) is 0.316. The van der Waals surface area contributed by atoms with E-state index >= 15 is 0 Å². The fourth-order valence-corrected chi connectivity index (χ4v) is 2.76. The van der Waals surface area contributed by atoms with Crippen molar-refractivity contribution in [2.45, 2.75) is 32.6 Å². The lowest BCUT2D eigenvalue weighted by molar-refractivity contribution is -0.115. The van der Waals surface area contributed by atoms with Crippen LogP contribution >= 0.6 is 15.9 Å². The number of carbonyl (C=O) groups is 1. The van der Waals surface area contributed by atoms with Crippen molar-refractivity contribution < 1.29 is 4.79 Å². The number of amides is 1. The first-order valence-electron chi connectivity index (χ1n) is 7.75. The maximum atomic E-state index is 12.1. The van der Waals surface area contributed by atoms with Crippen LogP contribution in [0.25, 0.3) is 0 Å². The van der Waals surface area contributed by atoms with Gasteiger partial charge in [0.25, 0.3) is 0 Å². The van der Waals surface area contributed by atoms with E-state index in [4.69, 9.17) is 0 Å². The zero-order valence-corrected chi connectivity index (χ0v) is 15.4. The van der Waals surface area contributed by atoms with Crippen LogP contribution < -0.4 is 10.6 Å². The van der Waals surface area contributed by atoms with E-state index in [1.807, 2.05) is 36.4 Å². The first-order chi connectivity index (χ1) is 10.9. The third-order valence-electron chi connectivity index (χ3n) is 3.55. The molecule has 0 saturated heterocycles. The Hall–Kier alpha value is -1.81. The summed E-state index contributed by atoms with van der Waals surface area (Å²) in [6, 6.07) is 15.9. The van der Waals surface area contributed by atoms with Gasteiger partial charge < -0.3 is 10.6 Å². The minimum Gasteiger partial charge on any atom is -0.384 e. The van der Waals surface area contributed by atoms with Crippen LogP contribution in [0.5, 0.6) is 0 Å². The molecule has 122 valence electrons. The summed E-state index contributed by atoms with van der Waals surface area (Å²) in [5, 5.41) is 6.29. The number of carbonyl (C=O) groups excluding carboxylic acids is 1. The Labute approximate surface area is 146 Å². The van der Waals surface area contributed by atoms with E-state index in [2.05, 4.69) is 59.5 Å². The van der Waals surface area contributed by atoms with Crippen LogP contribution in [0, 0.1) is 0 Å². The summed E-state index contributed by atoms with van der Waals surface area (Å²) in [7, 11) is 0. The molecular formula is C19H23BrN2O. The summed E-state index contributed by atoms with van der Waals surface area (Å²) in [6.07, 6.45) is 0.416. The van der Waals surface area contributed by atoms with E-state index < -0.39 is 0 Å². The van der Waals surface area contributed by atoms with Crippen molar-refractivity contribution in [1.82, 2.24) is 0 Å². The Morgan fingerprint density at radius 1 is 1.00 bits per heavy atom. The van der Waals surface area contributed by atoms with Crippen LogP contribution in [0.15, 0.2) is 53.0 Å².